The van der Waals surface area contributed by atoms with Crippen molar-refractivity contribution >= 4 is 28.5 Å². The molecule has 0 spiro atoms. The first kappa shape index (κ1) is 20.1. The number of carbonyl (C=O) groups excluding carboxylic acids is 1. The average Bonchev–Trinajstić information content (AvgIpc) is 2.67. The van der Waals surface area contributed by atoms with Crippen molar-refractivity contribution in [3.63, 3.8) is 0 Å². The lowest BCUT2D eigenvalue weighted by molar-refractivity contribution is -0.138. The number of benzene rings is 1. The number of rotatable bonds is 4. The minimum absolute atomic E-state index is 0.111. The number of H-pyrrole nitrogens is 1. The van der Waals surface area contributed by atoms with Gasteiger partial charge in [-0.1, -0.05) is 12.1 Å². The molecular formula is C19H13F3IN3O2. The van der Waals surface area contributed by atoms with Crippen molar-refractivity contribution in [3.8, 4) is 0 Å². The van der Waals surface area contributed by atoms with E-state index in [2.05, 4.69) is 37.9 Å². The van der Waals surface area contributed by atoms with Gasteiger partial charge >= 0.3 is 6.18 Å². The summed E-state index contributed by atoms with van der Waals surface area (Å²) in [6, 6.07) is 10.2. The van der Waals surface area contributed by atoms with Gasteiger partial charge in [-0.05, 0) is 58.5 Å². The lowest BCUT2D eigenvalue weighted by Crippen LogP contribution is -2.32. The fourth-order valence-corrected chi connectivity index (χ4v) is 2.98. The van der Waals surface area contributed by atoms with Crippen LogP contribution in [0.3, 0.4) is 0 Å². The number of nitrogens with one attached hydrogen (secondary N) is 2. The summed E-state index contributed by atoms with van der Waals surface area (Å²) in [4.78, 5) is 30.0. The molecule has 9 heteroatoms. The molecular weight excluding hydrogens is 486 g/mol. The molecule has 0 unspecified atom stereocenters. The van der Waals surface area contributed by atoms with E-state index in [9.17, 15) is 22.8 Å². The predicted octanol–water partition coefficient (Wildman–Crippen LogP) is 3.91. The maximum atomic E-state index is 13.5. The monoisotopic (exact) mass is 499 g/mol. The molecule has 0 aliphatic rings. The third-order valence-electron chi connectivity index (χ3n) is 3.94. The maximum Gasteiger partial charge on any atom is 0.418 e. The molecule has 0 aliphatic heterocycles. The molecule has 3 rings (SSSR count). The highest BCUT2D eigenvalue weighted by Gasteiger charge is 2.37. The molecule has 0 bridgehead atoms. The molecule has 144 valence electrons. The molecule has 0 fully saturated rings. The van der Waals surface area contributed by atoms with Crippen LogP contribution in [0, 0.1) is 3.57 Å². The first-order chi connectivity index (χ1) is 13.3. The highest BCUT2D eigenvalue weighted by molar-refractivity contribution is 14.1. The summed E-state index contributed by atoms with van der Waals surface area (Å²) in [6.45, 7) is 0. The Labute approximate surface area is 171 Å². The van der Waals surface area contributed by atoms with E-state index >= 15 is 0 Å². The van der Waals surface area contributed by atoms with Gasteiger partial charge in [0.05, 0.1) is 22.9 Å². The second-order valence-corrected chi connectivity index (χ2v) is 7.08. The zero-order valence-corrected chi connectivity index (χ0v) is 16.3. The number of halogens is 4. The summed E-state index contributed by atoms with van der Waals surface area (Å²) >= 11 is 2.08. The largest absolute Gasteiger partial charge is 0.418 e. The zero-order valence-electron chi connectivity index (χ0n) is 14.1. The van der Waals surface area contributed by atoms with Crippen LogP contribution in [0.4, 0.5) is 13.2 Å². The van der Waals surface area contributed by atoms with E-state index in [1.165, 1.54) is 24.5 Å². The first-order valence-corrected chi connectivity index (χ1v) is 9.11. The molecule has 2 aromatic heterocycles. The molecule has 0 saturated carbocycles. The van der Waals surface area contributed by atoms with E-state index < -0.39 is 29.2 Å². The molecule has 2 N–H and O–H groups in total. The van der Waals surface area contributed by atoms with Crippen LogP contribution in [0.5, 0.6) is 0 Å². The minimum atomic E-state index is -4.63. The van der Waals surface area contributed by atoms with Crippen molar-refractivity contribution in [1.82, 2.24) is 15.3 Å². The van der Waals surface area contributed by atoms with Gasteiger partial charge in [0.25, 0.3) is 5.91 Å². The van der Waals surface area contributed by atoms with Crippen LogP contribution in [0.25, 0.3) is 0 Å². The number of alkyl halides is 3. The number of pyridine rings is 2. The lowest BCUT2D eigenvalue weighted by atomic mass is 9.98. The summed E-state index contributed by atoms with van der Waals surface area (Å²) < 4.78 is 41.4. The van der Waals surface area contributed by atoms with Crippen molar-refractivity contribution in [2.45, 2.75) is 12.2 Å². The summed E-state index contributed by atoms with van der Waals surface area (Å²) in [5.41, 5.74) is -1.08. The second kappa shape index (κ2) is 8.13. The van der Waals surface area contributed by atoms with Crippen LogP contribution in [-0.4, -0.2) is 15.9 Å². The van der Waals surface area contributed by atoms with Gasteiger partial charge in [0.1, 0.15) is 0 Å². The number of hydrogen-bond donors (Lipinski definition) is 2. The fraction of sp³-hybridized carbons (Fsp3) is 0.105. The number of amides is 1. The van der Waals surface area contributed by atoms with Gasteiger partial charge in [-0.15, -0.1) is 0 Å². The maximum absolute atomic E-state index is 13.5. The van der Waals surface area contributed by atoms with Crippen molar-refractivity contribution in [1.29, 1.82) is 0 Å². The van der Waals surface area contributed by atoms with E-state index in [-0.39, 0.29) is 11.3 Å². The number of hydrogen-bond acceptors (Lipinski definition) is 3. The van der Waals surface area contributed by atoms with Crippen molar-refractivity contribution < 1.29 is 18.0 Å². The highest BCUT2D eigenvalue weighted by atomic mass is 127. The van der Waals surface area contributed by atoms with Gasteiger partial charge in [0.2, 0.25) is 5.56 Å². The third kappa shape index (κ3) is 4.58. The van der Waals surface area contributed by atoms with Crippen LogP contribution >= 0.6 is 22.6 Å². The zero-order chi connectivity index (χ0) is 20.3. The van der Waals surface area contributed by atoms with E-state index in [0.29, 0.717) is 5.56 Å². The number of carbonyl (C=O) groups is 1. The molecule has 3 aromatic rings. The normalized spacial score (nSPS) is 12.4. The Morgan fingerprint density at radius 2 is 1.82 bits per heavy atom. The Hall–Kier alpha value is -2.69. The molecule has 2 heterocycles. The Kier molecular flexibility index (Phi) is 5.82. The summed E-state index contributed by atoms with van der Waals surface area (Å²) in [5, 5.41) is 2.59. The third-order valence-corrected chi connectivity index (χ3v) is 4.66. The van der Waals surface area contributed by atoms with Gasteiger partial charge in [-0.25, -0.2) is 0 Å². The number of aromatic nitrogens is 2. The Bertz CT molecular complexity index is 1030. The van der Waals surface area contributed by atoms with Crippen molar-refractivity contribution in [2.24, 2.45) is 0 Å². The molecule has 28 heavy (non-hydrogen) atoms. The fourth-order valence-electron chi connectivity index (χ4n) is 2.62. The molecule has 0 saturated heterocycles. The summed E-state index contributed by atoms with van der Waals surface area (Å²) in [5.74, 6) is -0.640. The van der Waals surface area contributed by atoms with Gasteiger partial charge < -0.3 is 10.3 Å². The van der Waals surface area contributed by atoms with Gasteiger partial charge in [-0.3, -0.25) is 14.6 Å². The van der Waals surface area contributed by atoms with E-state index in [4.69, 9.17) is 0 Å². The molecule has 1 atom stereocenters. The summed E-state index contributed by atoms with van der Waals surface area (Å²) in [7, 11) is 0. The molecule has 5 nitrogen and oxygen atoms in total. The first-order valence-electron chi connectivity index (χ1n) is 8.03. The Morgan fingerprint density at radius 1 is 1.11 bits per heavy atom. The topological polar surface area (TPSA) is 74.8 Å². The second-order valence-electron chi connectivity index (χ2n) is 5.83. The van der Waals surface area contributed by atoms with Crippen LogP contribution < -0.4 is 10.9 Å². The molecule has 0 radical (unpaired) electrons. The van der Waals surface area contributed by atoms with Crippen LogP contribution in [0.1, 0.15) is 33.2 Å². The van der Waals surface area contributed by atoms with Crippen LogP contribution in [0.2, 0.25) is 0 Å². The van der Waals surface area contributed by atoms with Gasteiger partial charge in [0.15, 0.2) is 0 Å². The van der Waals surface area contributed by atoms with Gasteiger partial charge in [-0.2, -0.15) is 13.2 Å². The molecule has 0 aliphatic carbocycles. The number of aromatic amines is 1. The predicted molar refractivity (Wildman–Crippen MR) is 105 cm³/mol. The number of nitrogens with zero attached hydrogens (tertiary/aromatic N) is 1. The SMILES string of the molecule is O=C(N[C@@H](c1ccc(I)cc1)c1ncccc1C(F)(F)F)c1ccc(=O)[nH]c1. The van der Waals surface area contributed by atoms with E-state index in [1.807, 2.05) is 0 Å². The van der Waals surface area contributed by atoms with Crippen LogP contribution in [-0.2, 0) is 6.18 Å². The quantitative estimate of drug-likeness (QED) is 0.535. The lowest BCUT2D eigenvalue weighted by Gasteiger charge is -2.22. The molecule has 1 aromatic carbocycles. The van der Waals surface area contributed by atoms with Crippen molar-refractivity contribution in [3.05, 3.63) is 97.2 Å². The summed E-state index contributed by atoms with van der Waals surface area (Å²) in [6.07, 6.45) is -2.18. The smallest absolute Gasteiger partial charge is 0.339 e. The average molecular weight is 499 g/mol. The highest BCUT2D eigenvalue weighted by Crippen LogP contribution is 2.35. The Balaban J connectivity index is 2.06. The van der Waals surface area contributed by atoms with Gasteiger partial charge in [0, 0.05) is 22.0 Å². The minimum Gasteiger partial charge on any atom is -0.339 e. The van der Waals surface area contributed by atoms with E-state index in [0.717, 1.165) is 15.7 Å². The Morgan fingerprint density at radius 3 is 2.43 bits per heavy atom. The van der Waals surface area contributed by atoms with E-state index in [1.54, 1.807) is 24.3 Å². The van der Waals surface area contributed by atoms with Crippen molar-refractivity contribution in [2.75, 3.05) is 0 Å². The standard InChI is InChI=1S/C19H13F3IN3O2/c20-19(21,22)14-2-1-9-24-17(14)16(11-3-6-13(23)7-4-11)26-18(28)12-5-8-15(27)25-10-12/h1-10,16H,(H,25,27)(H,26,28)/t16-/m0/s1. The van der Waals surface area contributed by atoms with Crippen LogP contribution in [0.15, 0.2) is 65.7 Å². The molecule has 1 amide bonds.